The first-order valence-corrected chi connectivity index (χ1v) is 13.7. The van der Waals surface area contributed by atoms with Gasteiger partial charge in [-0.3, -0.25) is 19.2 Å². The average Bonchev–Trinajstić information content (AvgIpc) is 3.20. The molecular formula is C23H36N5O7PS. The van der Waals surface area contributed by atoms with E-state index in [0.29, 0.717) is 26.3 Å². The standard InChI is InChI=1S/C23H36N5O7PS/c1-14(2)28(15(3)4)36(34-17(6)24-7)35-19-16(5)32-21(27-9-8-18(29)25-22(27)30)20(19)33-23(37)26-10-12-31-13-11-26/h8-9,14-17,19-21H,10-13H2,1-6H3,(H,25,29,30)/t16-,17?,19?,20+,21-,36?/m1/s1/i5D. The van der Waals surface area contributed by atoms with Gasteiger partial charge in [-0.15, -0.1) is 0 Å². The van der Waals surface area contributed by atoms with Crippen LogP contribution in [0.1, 0.15) is 49.1 Å². The largest absolute Gasteiger partial charge is 0.460 e. The van der Waals surface area contributed by atoms with Crippen LogP contribution in [0.25, 0.3) is 4.85 Å². The summed E-state index contributed by atoms with van der Waals surface area (Å²) in [6.07, 6.45) is -3.14. The van der Waals surface area contributed by atoms with Gasteiger partial charge in [0.1, 0.15) is 6.10 Å². The van der Waals surface area contributed by atoms with Crippen molar-refractivity contribution in [1.29, 1.82) is 0 Å². The number of nitrogens with zero attached hydrogens (tertiary/aromatic N) is 4. The summed E-state index contributed by atoms with van der Waals surface area (Å²) >= 11 is 5.60. The molecule has 0 saturated carbocycles. The Balaban J connectivity index is 2.01. The van der Waals surface area contributed by atoms with Crippen LogP contribution >= 0.6 is 20.7 Å². The Morgan fingerprint density at radius 3 is 2.51 bits per heavy atom. The molecule has 0 spiro atoms. The van der Waals surface area contributed by atoms with E-state index in [1.807, 2.05) is 37.3 Å². The summed E-state index contributed by atoms with van der Waals surface area (Å²) in [5.74, 6) is 0. The number of nitrogens with one attached hydrogen (secondary N) is 1. The predicted molar refractivity (Wildman–Crippen MR) is 142 cm³/mol. The van der Waals surface area contributed by atoms with Gasteiger partial charge < -0.3 is 23.6 Å². The van der Waals surface area contributed by atoms with Gasteiger partial charge in [-0.1, -0.05) is 0 Å². The van der Waals surface area contributed by atoms with E-state index < -0.39 is 50.5 Å². The highest BCUT2D eigenvalue weighted by Gasteiger charge is 2.50. The first-order chi connectivity index (χ1) is 18.1. The van der Waals surface area contributed by atoms with Gasteiger partial charge in [0, 0.05) is 45.7 Å². The number of rotatable bonds is 9. The molecule has 2 saturated heterocycles. The van der Waals surface area contributed by atoms with Gasteiger partial charge in [-0.2, -0.15) is 0 Å². The normalized spacial score (nSPS) is 26.2. The number of aromatic nitrogens is 2. The van der Waals surface area contributed by atoms with E-state index in [1.165, 1.54) is 16.8 Å². The molecule has 12 nitrogen and oxygen atoms in total. The Hall–Kier alpha value is -1.91. The monoisotopic (exact) mass is 558 g/mol. The fourth-order valence-corrected chi connectivity index (χ4v) is 6.20. The molecule has 3 unspecified atom stereocenters. The molecule has 0 bridgehead atoms. The highest BCUT2D eigenvalue weighted by molar-refractivity contribution is 7.80. The number of hydrogen-bond acceptors (Lipinski definition) is 9. The Morgan fingerprint density at radius 1 is 1.27 bits per heavy atom. The summed E-state index contributed by atoms with van der Waals surface area (Å²) in [5.41, 5.74) is -1.24. The van der Waals surface area contributed by atoms with E-state index in [0.717, 1.165) is 0 Å². The maximum Gasteiger partial charge on any atom is 0.330 e. The smallest absolute Gasteiger partial charge is 0.330 e. The van der Waals surface area contributed by atoms with Crippen LogP contribution in [0.5, 0.6) is 0 Å². The topological polar surface area (TPSA) is 112 Å². The van der Waals surface area contributed by atoms with Crippen LogP contribution < -0.4 is 11.2 Å². The third-order valence-corrected chi connectivity index (χ3v) is 8.36. The zero-order chi connectivity index (χ0) is 28.0. The van der Waals surface area contributed by atoms with Crippen molar-refractivity contribution in [3.8, 4) is 0 Å². The number of ether oxygens (including phenoxy) is 3. The molecular weight excluding hydrogens is 521 g/mol. The SMILES string of the molecule is [2H]C[C@H]1O[C@@H](n2ccc(=O)[nH]c2=O)[C@@H](OC(=S)N2CCOCC2)C1OP(OC(C)[N+]#[C-])N(C(C)C)C(C)C. The van der Waals surface area contributed by atoms with Crippen LogP contribution in [0.3, 0.4) is 0 Å². The predicted octanol–water partition coefficient (Wildman–Crippen LogP) is 2.47. The van der Waals surface area contributed by atoms with Crippen molar-refractivity contribution in [1.82, 2.24) is 19.1 Å². The first-order valence-electron chi connectivity index (χ1n) is 12.9. The van der Waals surface area contributed by atoms with Crippen molar-refractivity contribution >= 4 is 25.9 Å². The van der Waals surface area contributed by atoms with Crippen LogP contribution in [0.15, 0.2) is 21.9 Å². The molecule has 1 N–H and O–H groups in total. The van der Waals surface area contributed by atoms with Gasteiger partial charge in [0.25, 0.3) is 19.3 Å². The molecule has 3 rings (SSSR count). The first kappa shape index (κ1) is 28.1. The average molecular weight is 559 g/mol. The molecule has 14 heteroatoms. The minimum absolute atomic E-state index is 0.0160. The van der Waals surface area contributed by atoms with Crippen molar-refractivity contribution in [3.63, 3.8) is 0 Å². The Labute approximate surface area is 225 Å². The van der Waals surface area contributed by atoms with Crippen LogP contribution in [-0.2, 0) is 23.3 Å². The number of H-pyrrole nitrogens is 1. The van der Waals surface area contributed by atoms with Crippen LogP contribution in [-0.4, -0.2) is 87.2 Å². The molecule has 6 atom stereocenters. The molecule has 0 aliphatic carbocycles. The van der Waals surface area contributed by atoms with Crippen molar-refractivity contribution < 1.29 is 24.6 Å². The highest BCUT2D eigenvalue weighted by Crippen LogP contribution is 2.51. The lowest BCUT2D eigenvalue weighted by Gasteiger charge is -2.38. The molecule has 1 aromatic rings. The zero-order valence-electron chi connectivity index (χ0n) is 22.7. The van der Waals surface area contributed by atoms with Crippen LogP contribution in [0.4, 0.5) is 0 Å². The fourth-order valence-electron chi connectivity index (χ4n) is 4.11. The van der Waals surface area contributed by atoms with Gasteiger partial charge >= 0.3 is 11.9 Å². The Bertz CT molecular complexity index is 1080. The van der Waals surface area contributed by atoms with Crippen molar-refractivity contribution in [3.05, 3.63) is 44.5 Å². The third kappa shape index (κ3) is 7.35. The molecule has 0 amide bonds. The van der Waals surface area contributed by atoms with E-state index in [9.17, 15) is 9.59 Å². The molecule has 2 fully saturated rings. The van der Waals surface area contributed by atoms with E-state index in [1.54, 1.807) is 6.92 Å². The van der Waals surface area contributed by atoms with Gasteiger partial charge in [-0.25, -0.2) is 20.6 Å². The van der Waals surface area contributed by atoms with Gasteiger partial charge in [0.15, 0.2) is 12.3 Å². The van der Waals surface area contributed by atoms with Crippen molar-refractivity contribution in [2.45, 2.75) is 84.4 Å². The second kappa shape index (κ2) is 13.2. The minimum atomic E-state index is -1.80. The summed E-state index contributed by atoms with van der Waals surface area (Å²) < 4.78 is 41.8. The molecule has 0 radical (unpaired) electrons. The molecule has 2 aliphatic rings. The van der Waals surface area contributed by atoms with E-state index in [-0.39, 0.29) is 24.2 Å². The second-order valence-corrected chi connectivity index (χ2v) is 10.9. The van der Waals surface area contributed by atoms with Crippen molar-refractivity contribution in [2.75, 3.05) is 26.3 Å². The molecule has 2 aliphatic heterocycles. The van der Waals surface area contributed by atoms with E-state index in [4.69, 9.17) is 43.4 Å². The number of hydrogen-bond donors (Lipinski definition) is 1. The highest BCUT2D eigenvalue weighted by atomic mass is 32.1. The maximum absolute atomic E-state index is 12.7. The van der Waals surface area contributed by atoms with Gasteiger partial charge in [-0.05, 0) is 46.8 Å². The van der Waals surface area contributed by atoms with Gasteiger partial charge in [0.05, 0.1) is 19.3 Å². The van der Waals surface area contributed by atoms with E-state index >= 15 is 0 Å². The lowest BCUT2D eigenvalue weighted by Crippen LogP contribution is -2.46. The minimum Gasteiger partial charge on any atom is -0.460 e. The molecule has 37 heavy (non-hydrogen) atoms. The van der Waals surface area contributed by atoms with E-state index in [2.05, 4.69) is 9.83 Å². The second-order valence-electron chi connectivity index (χ2n) is 9.24. The lowest BCUT2D eigenvalue weighted by molar-refractivity contribution is -0.0364. The fraction of sp³-hybridized carbons (Fsp3) is 0.739. The molecule has 0 aromatic carbocycles. The quantitative estimate of drug-likeness (QED) is 0.276. The van der Waals surface area contributed by atoms with Crippen molar-refractivity contribution in [2.24, 2.45) is 0 Å². The third-order valence-electron chi connectivity index (χ3n) is 5.80. The molecule has 1 aromatic heterocycles. The molecule has 206 valence electrons. The van der Waals surface area contributed by atoms with Gasteiger partial charge in [0.2, 0.25) is 0 Å². The number of thiocarbonyl (C=S) groups is 1. The summed E-state index contributed by atoms with van der Waals surface area (Å²) in [6.45, 7) is 18.9. The lowest BCUT2D eigenvalue weighted by atomic mass is 10.1. The summed E-state index contributed by atoms with van der Waals surface area (Å²) in [4.78, 5) is 32.0. The maximum atomic E-state index is 12.7. The molecule has 3 heterocycles. The van der Waals surface area contributed by atoms with Crippen LogP contribution in [0.2, 0.25) is 0 Å². The van der Waals surface area contributed by atoms with Crippen LogP contribution in [0, 0.1) is 6.57 Å². The summed E-state index contributed by atoms with van der Waals surface area (Å²) in [6, 6.07) is 1.24. The number of morpholine rings is 1. The number of aromatic amines is 1. The summed E-state index contributed by atoms with van der Waals surface area (Å²) in [5, 5.41) is 0.188. The summed E-state index contributed by atoms with van der Waals surface area (Å²) in [7, 11) is -1.80. The Kier molecular flexibility index (Phi) is 10.1. The Morgan fingerprint density at radius 2 is 1.95 bits per heavy atom. The zero-order valence-corrected chi connectivity index (χ0v) is 23.4.